The Morgan fingerprint density at radius 3 is 2.36 bits per heavy atom. The van der Waals surface area contributed by atoms with Crippen LogP contribution in [0.15, 0.2) is 48.5 Å². The maximum Gasteiger partial charge on any atom is 0.415 e. The first-order valence-electron chi connectivity index (χ1n) is 12.8. The lowest BCUT2D eigenvalue weighted by Gasteiger charge is -2.33. The fourth-order valence-corrected chi connectivity index (χ4v) is 5.82. The van der Waals surface area contributed by atoms with Gasteiger partial charge in [0.25, 0.3) is 0 Å². The van der Waals surface area contributed by atoms with E-state index < -0.39 is 6.09 Å². The Morgan fingerprint density at radius 1 is 0.972 bits per heavy atom. The van der Waals surface area contributed by atoms with Gasteiger partial charge in [-0.25, -0.2) is 4.79 Å². The summed E-state index contributed by atoms with van der Waals surface area (Å²) >= 11 is 12.5. The number of benzene rings is 2. The molecule has 1 aliphatic carbocycles. The Bertz CT molecular complexity index is 1090. The van der Waals surface area contributed by atoms with E-state index in [9.17, 15) is 9.59 Å². The molecule has 2 atom stereocenters. The van der Waals surface area contributed by atoms with Crippen molar-refractivity contribution >= 4 is 35.2 Å². The maximum absolute atomic E-state index is 13.6. The zero-order valence-electron chi connectivity index (χ0n) is 20.6. The van der Waals surface area contributed by atoms with Crippen LogP contribution in [0.3, 0.4) is 0 Å². The number of carbonyl (C=O) groups is 2. The van der Waals surface area contributed by atoms with E-state index in [-0.39, 0.29) is 23.8 Å². The van der Waals surface area contributed by atoms with E-state index in [1.807, 2.05) is 35.2 Å². The van der Waals surface area contributed by atoms with Gasteiger partial charge in [0.15, 0.2) is 0 Å². The molecule has 2 amide bonds. The average Bonchev–Trinajstić information content (AvgIpc) is 3.60. The van der Waals surface area contributed by atoms with Gasteiger partial charge in [-0.3, -0.25) is 4.79 Å². The molecule has 1 saturated carbocycles. The van der Waals surface area contributed by atoms with Crippen molar-refractivity contribution in [3.63, 3.8) is 0 Å². The van der Waals surface area contributed by atoms with Crippen molar-refractivity contribution in [1.29, 1.82) is 0 Å². The quantitative estimate of drug-likeness (QED) is 0.492. The summed E-state index contributed by atoms with van der Waals surface area (Å²) < 4.78 is 5.61. The smallest absolute Gasteiger partial charge is 0.410 e. The monoisotopic (exact) mass is 529 g/mol. The molecular weight excluding hydrogens is 497 g/mol. The second kappa shape index (κ2) is 11.0. The molecule has 2 aromatic carbocycles. The van der Waals surface area contributed by atoms with Gasteiger partial charge >= 0.3 is 6.09 Å². The number of likely N-dealkylation sites (N-methyl/N-ethyl adjacent to an activating group) is 1. The van der Waals surface area contributed by atoms with Crippen LogP contribution in [0.2, 0.25) is 10.0 Å². The first-order chi connectivity index (χ1) is 17.4. The average molecular weight is 530 g/mol. The summed E-state index contributed by atoms with van der Waals surface area (Å²) in [6.45, 7) is 4.16. The van der Waals surface area contributed by atoms with Crippen LogP contribution in [0.5, 0.6) is 5.75 Å². The van der Waals surface area contributed by atoms with Crippen molar-refractivity contribution in [3.8, 4) is 5.75 Å². The van der Waals surface area contributed by atoms with Gasteiger partial charge in [-0.05, 0) is 74.5 Å². The molecule has 2 aromatic rings. The molecule has 3 fully saturated rings. The first-order valence-corrected chi connectivity index (χ1v) is 13.6. The van der Waals surface area contributed by atoms with Gasteiger partial charge in [0, 0.05) is 38.5 Å². The minimum atomic E-state index is -0.445. The molecule has 2 aliphatic heterocycles. The highest BCUT2D eigenvalue weighted by Crippen LogP contribution is 2.36. The minimum absolute atomic E-state index is 0.0373. The summed E-state index contributed by atoms with van der Waals surface area (Å²) in [5.41, 5.74) is 0.961. The van der Waals surface area contributed by atoms with Gasteiger partial charge in [-0.2, -0.15) is 0 Å². The second-order valence-electron chi connectivity index (χ2n) is 10.4. The largest absolute Gasteiger partial charge is 0.415 e. The fraction of sp³-hybridized carbons (Fsp3) is 0.500. The van der Waals surface area contributed by atoms with E-state index in [0.29, 0.717) is 28.9 Å². The first kappa shape index (κ1) is 25.4. The lowest BCUT2D eigenvalue weighted by atomic mass is 9.93. The summed E-state index contributed by atoms with van der Waals surface area (Å²) in [5, 5.41) is 0.952. The van der Waals surface area contributed by atoms with E-state index in [0.717, 1.165) is 37.4 Å². The zero-order valence-corrected chi connectivity index (χ0v) is 22.1. The maximum atomic E-state index is 13.6. The Kier molecular flexibility index (Phi) is 7.75. The number of likely N-dealkylation sites (tertiary alicyclic amines) is 2. The third-order valence-electron chi connectivity index (χ3n) is 7.86. The number of ether oxygens (including phenoxy) is 1. The standard InChI is InChI=1S/C28H33Cl2N3O3/c1-31(28(35)36-22-5-3-2-4-6-22)26-18-33(17-23(26)21-9-10-24(29)25(30)15-21)27(34)20-11-13-32(14-12-20)16-19-7-8-19/h2-6,9-10,15,19-20,23,26H,7-8,11-14,16-18H2,1H3/t23-,26+/m1/s1. The number of amides is 2. The van der Waals surface area contributed by atoms with Crippen LogP contribution in [-0.2, 0) is 4.79 Å². The van der Waals surface area contributed by atoms with Crippen molar-refractivity contribution in [2.24, 2.45) is 11.8 Å². The molecule has 36 heavy (non-hydrogen) atoms. The number of piperidine rings is 1. The Labute approximate surface area is 223 Å². The molecule has 6 nitrogen and oxygen atoms in total. The molecule has 8 heteroatoms. The zero-order chi connectivity index (χ0) is 25.2. The predicted octanol–water partition coefficient (Wildman–Crippen LogP) is 5.54. The highest BCUT2D eigenvalue weighted by atomic mass is 35.5. The van der Waals surface area contributed by atoms with Crippen molar-refractivity contribution in [2.45, 2.75) is 37.6 Å². The SMILES string of the molecule is CN(C(=O)Oc1ccccc1)[C@H]1CN(C(=O)C2CCN(CC3CC3)CC2)C[C@@H]1c1ccc(Cl)c(Cl)c1. The number of carbonyl (C=O) groups excluding carboxylic acids is 2. The summed E-state index contributed by atoms with van der Waals surface area (Å²) in [7, 11) is 1.74. The molecule has 0 unspecified atom stereocenters. The molecule has 0 radical (unpaired) electrons. The molecule has 0 N–H and O–H groups in total. The molecule has 0 spiro atoms. The van der Waals surface area contributed by atoms with Crippen LogP contribution in [0, 0.1) is 11.8 Å². The lowest BCUT2D eigenvalue weighted by Crippen LogP contribution is -2.45. The van der Waals surface area contributed by atoms with E-state index in [2.05, 4.69) is 4.90 Å². The number of rotatable bonds is 6. The van der Waals surface area contributed by atoms with Crippen LogP contribution >= 0.6 is 23.2 Å². The summed E-state index contributed by atoms with van der Waals surface area (Å²) in [6.07, 6.45) is 4.06. The normalized spacial score (nSPS) is 23.0. The fourth-order valence-electron chi connectivity index (χ4n) is 5.51. The summed E-state index contributed by atoms with van der Waals surface area (Å²) in [4.78, 5) is 32.7. The molecular formula is C28H33Cl2N3O3. The third kappa shape index (κ3) is 5.82. The molecule has 5 rings (SSSR count). The lowest BCUT2D eigenvalue weighted by molar-refractivity contribution is -0.136. The molecule has 3 aliphatic rings. The number of halogens is 2. The van der Waals surface area contributed by atoms with Gasteiger partial charge in [-0.15, -0.1) is 0 Å². The van der Waals surface area contributed by atoms with E-state index in [1.54, 1.807) is 30.1 Å². The summed E-state index contributed by atoms with van der Waals surface area (Å²) in [5.74, 6) is 1.50. The number of hydrogen-bond acceptors (Lipinski definition) is 4. The molecule has 192 valence electrons. The number of para-hydroxylation sites is 1. The Hall–Kier alpha value is -2.28. The second-order valence-corrected chi connectivity index (χ2v) is 11.2. The number of nitrogens with zero attached hydrogens (tertiary/aromatic N) is 3. The van der Waals surface area contributed by atoms with Gasteiger partial charge in [0.05, 0.1) is 16.1 Å². The highest BCUT2D eigenvalue weighted by molar-refractivity contribution is 6.42. The van der Waals surface area contributed by atoms with Gasteiger partial charge in [0.2, 0.25) is 5.91 Å². The van der Waals surface area contributed by atoms with E-state index in [4.69, 9.17) is 27.9 Å². The van der Waals surface area contributed by atoms with Crippen LogP contribution < -0.4 is 4.74 Å². The van der Waals surface area contributed by atoms with Crippen molar-refractivity contribution in [1.82, 2.24) is 14.7 Å². The van der Waals surface area contributed by atoms with Crippen LogP contribution in [0.1, 0.15) is 37.2 Å². The molecule has 2 saturated heterocycles. The third-order valence-corrected chi connectivity index (χ3v) is 8.60. The Morgan fingerprint density at radius 2 is 1.69 bits per heavy atom. The van der Waals surface area contributed by atoms with Gasteiger partial charge in [0.1, 0.15) is 5.75 Å². The van der Waals surface area contributed by atoms with Crippen LogP contribution in [0.4, 0.5) is 4.79 Å². The topological polar surface area (TPSA) is 53.1 Å². The summed E-state index contributed by atoms with van der Waals surface area (Å²) in [6, 6.07) is 14.4. The van der Waals surface area contributed by atoms with Crippen LogP contribution in [-0.4, -0.2) is 72.5 Å². The molecule has 0 aromatic heterocycles. The van der Waals surface area contributed by atoms with Crippen molar-refractivity contribution in [2.75, 3.05) is 39.8 Å². The van der Waals surface area contributed by atoms with Gasteiger partial charge in [-0.1, -0.05) is 47.5 Å². The molecule has 0 bridgehead atoms. The van der Waals surface area contributed by atoms with E-state index in [1.165, 1.54) is 19.4 Å². The molecule has 2 heterocycles. The minimum Gasteiger partial charge on any atom is -0.410 e. The number of hydrogen-bond donors (Lipinski definition) is 0. The predicted molar refractivity (Wildman–Crippen MR) is 142 cm³/mol. The Balaban J connectivity index is 1.30. The van der Waals surface area contributed by atoms with Crippen molar-refractivity contribution in [3.05, 3.63) is 64.1 Å². The highest BCUT2D eigenvalue weighted by Gasteiger charge is 2.42. The van der Waals surface area contributed by atoms with Crippen molar-refractivity contribution < 1.29 is 14.3 Å². The van der Waals surface area contributed by atoms with Gasteiger partial charge < -0.3 is 19.4 Å². The van der Waals surface area contributed by atoms with E-state index >= 15 is 0 Å². The van der Waals surface area contributed by atoms with Crippen LogP contribution in [0.25, 0.3) is 0 Å².